The highest BCUT2D eigenvalue weighted by Gasteiger charge is 2.30. The molecule has 0 N–H and O–H groups in total. The zero-order valence-electron chi connectivity index (χ0n) is 13.1. The summed E-state index contributed by atoms with van der Waals surface area (Å²) < 4.78 is 37.0. The van der Waals surface area contributed by atoms with Gasteiger partial charge in [0.25, 0.3) is 0 Å². The molecule has 124 valence electrons. The van der Waals surface area contributed by atoms with Gasteiger partial charge in [0.05, 0.1) is 24.2 Å². The molecule has 0 atom stereocenters. The summed E-state index contributed by atoms with van der Waals surface area (Å²) in [5.41, 5.74) is 0. The third kappa shape index (κ3) is 4.66. The first-order chi connectivity index (χ1) is 10.5. The van der Waals surface area contributed by atoms with Crippen LogP contribution < -0.4 is 4.74 Å². The minimum absolute atomic E-state index is 0.108. The van der Waals surface area contributed by atoms with Gasteiger partial charge in [-0.2, -0.15) is 0 Å². The van der Waals surface area contributed by atoms with Crippen LogP contribution in [0.25, 0.3) is 0 Å². The summed E-state index contributed by atoms with van der Waals surface area (Å²) in [6, 6.07) is 3.67. The summed E-state index contributed by atoms with van der Waals surface area (Å²) >= 11 is 0. The second-order valence-electron chi connectivity index (χ2n) is 5.60. The van der Waals surface area contributed by atoms with Gasteiger partial charge in [0, 0.05) is 19.3 Å². The fourth-order valence-electron chi connectivity index (χ4n) is 2.36. The molecule has 22 heavy (non-hydrogen) atoms. The second-order valence-corrected chi connectivity index (χ2v) is 8.09. The molecule has 0 amide bonds. The Hall–Kier alpha value is -1.18. The van der Waals surface area contributed by atoms with Crippen LogP contribution in [0.3, 0.4) is 0 Å². The molecule has 1 aromatic rings. The molecular weight excluding hydrogens is 304 g/mol. The Balaban J connectivity index is 1.66. The van der Waals surface area contributed by atoms with Crippen LogP contribution >= 0.6 is 0 Å². The molecular formula is C15H24N2O4S. The molecule has 1 aromatic heterocycles. The second kappa shape index (κ2) is 7.89. The van der Waals surface area contributed by atoms with Crippen molar-refractivity contribution in [1.82, 2.24) is 9.29 Å². The van der Waals surface area contributed by atoms with Crippen molar-refractivity contribution >= 4 is 10.0 Å². The normalized spacial score (nSPS) is 17.8. The summed E-state index contributed by atoms with van der Waals surface area (Å²) in [7, 11) is -3.14. The summed E-state index contributed by atoms with van der Waals surface area (Å²) in [6.07, 6.45) is 4.94. The van der Waals surface area contributed by atoms with E-state index >= 15 is 0 Å². The standard InChI is InChI=1S/C15H24N2O4S/c1-13(2)22(18,19)17-8-5-14(6-9-17)20-10-11-21-15-4-3-7-16-12-15/h3-4,7,12-14H,5-6,8-11H2,1-2H3. The maximum atomic E-state index is 12.1. The SMILES string of the molecule is CC(C)S(=O)(=O)N1CCC(OCCOc2cccnc2)CC1. The number of piperidine rings is 1. The Morgan fingerprint density at radius 2 is 2.05 bits per heavy atom. The van der Waals surface area contributed by atoms with Crippen LogP contribution in [0.1, 0.15) is 26.7 Å². The van der Waals surface area contributed by atoms with Gasteiger partial charge >= 0.3 is 0 Å². The fraction of sp³-hybridized carbons (Fsp3) is 0.667. The van der Waals surface area contributed by atoms with Gasteiger partial charge in [-0.15, -0.1) is 0 Å². The van der Waals surface area contributed by atoms with Crippen LogP contribution in [-0.4, -0.2) is 55.4 Å². The van der Waals surface area contributed by atoms with Crippen molar-refractivity contribution < 1.29 is 17.9 Å². The average molecular weight is 328 g/mol. The molecule has 7 heteroatoms. The number of aromatic nitrogens is 1. The van der Waals surface area contributed by atoms with E-state index in [-0.39, 0.29) is 11.4 Å². The van der Waals surface area contributed by atoms with Crippen LogP contribution in [0.5, 0.6) is 5.75 Å². The average Bonchev–Trinajstić information content (AvgIpc) is 2.53. The summed E-state index contributed by atoms with van der Waals surface area (Å²) in [5.74, 6) is 0.726. The first-order valence-electron chi connectivity index (χ1n) is 7.63. The van der Waals surface area contributed by atoms with Crippen molar-refractivity contribution in [3.63, 3.8) is 0 Å². The number of ether oxygens (including phenoxy) is 2. The van der Waals surface area contributed by atoms with E-state index in [9.17, 15) is 8.42 Å². The van der Waals surface area contributed by atoms with Crippen molar-refractivity contribution in [3.05, 3.63) is 24.5 Å². The van der Waals surface area contributed by atoms with E-state index < -0.39 is 10.0 Å². The summed E-state index contributed by atoms with van der Waals surface area (Å²) in [5, 5.41) is -0.363. The summed E-state index contributed by atoms with van der Waals surface area (Å²) in [4.78, 5) is 3.97. The molecule has 0 unspecified atom stereocenters. The molecule has 1 aliphatic rings. The van der Waals surface area contributed by atoms with Gasteiger partial charge < -0.3 is 9.47 Å². The van der Waals surface area contributed by atoms with Crippen molar-refractivity contribution in [2.75, 3.05) is 26.3 Å². The quantitative estimate of drug-likeness (QED) is 0.712. The van der Waals surface area contributed by atoms with Crippen LogP contribution in [0, 0.1) is 0 Å². The van der Waals surface area contributed by atoms with Crippen molar-refractivity contribution in [2.24, 2.45) is 0 Å². The number of hydrogen-bond donors (Lipinski definition) is 0. The van der Waals surface area contributed by atoms with Crippen molar-refractivity contribution in [2.45, 2.75) is 38.0 Å². The van der Waals surface area contributed by atoms with E-state index in [1.165, 1.54) is 0 Å². The van der Waals surface area contributed by atoms with Gasteiger partial charge in [0.1, 0.15) is 12.4 Å². The van der Waals surface area contributed by atoms with Crippen LogP contribution in [0.2, 0.25) is 0 Å². The highest BCUT2D eigenvalue weighted by molar-refractivity contribution is 7.89. The molecule has 0 spiro atoms. The lowest BCUT2D eigenvalue weighted by Crippen LogP contribution is -2.43. The van der Waals surface area contributed by atoms with Gasteiger partial charge in [0.15, 0.2) is 0 Å². The molecule has 0 bridgehead atoms. The minimum Gasteiger partial charge on any atom is -0.490 e. The molecule has 0 aliphatic carbocycles. The Morgan fingerprint density at radius 3 is 2.64 bits per heavy atom. The Bertz CT molecular complexity index is 540. The van der Waals surface area contributed by atoms with Crippen molar-refractivity contribution in [1.29, 1.82) is 0 Å². The Morgan fingerprint density at radius 1 is 1.32 bits per heavy atom. The molecule has 0 aromatic carbocycles. The molecule has 0 saturated carbocycles. The number of nitrogens with zero attached hydrogens (tertiary/aromatic N) is 2. The van der Waals surface area contributed by atoms with E-state index in [0.717, 1.165) is 18.6 Å². The predicted octanol–water partition coefficient (Wildman–Crippen LogP) is 1.68. The number of sulfonamides is 1. The highest BCUT2D eigenvalue weighted by atomic mass is 32.2. The maximum Gasteiger partial charge on any atom is 0.216 e. The minimum atomic E-state index is -3.14. The number of hydrogen-bond acceptors (Lipinski definition) is 5. The van der Waals surface area contributed by atoms with E-state index in [1.807, 2.05) is 12.1 Å². The largest absolute Gasteiger partial charge is 0.490 e. The fourth-order valence-corrected chi connectivity index (χ4v) is 3.67. The molecule has 2 rings (SSSR count). The summed E-state index contributed by atoms with van der Waals surface area (Å²) in [6.45, 7) is 5.47. The van der Waals surface area contributed by atoms with E-state index in [2.05, 4.69) is 4.98 Å². The third-order valence-electron chi connectivity index (χ3n) is 3.70. The zero-order valence-corrected chi connectivity index (χ0v) is 14.0. The van der Waals surface area contributed by atoms with Gasteiger partial charge in [-0.05, 0) is 38.8 Å². The van der Waals surface area contributed by atoms with E-state index in [1.54, 1.807) is 30.5 Å². The Kier molecular flexibility index (Phi) is 6.16. The first kappa shape index (κ1) is 17.2. The molecule has 1 saturated heterocycles. The smallest absolute Gasteiger partial charge is 0.216 e. The topological polar surface area (TPSA) is 68.7 Å². The van der Waals surface area contributed by atoms with Crippen molar-refractivity contribution in [3.8, 4) is 5.75 Å². The van der Waals surface area contributed by atoms with E-state index in [0.29, 0.717) is 26.3 Å². The lowest BCUT2D eigenvalue weighted by atomic mass is 10.1. The number of rotatable bonds is 7. The highest BCUT2D eigenvalue weighted by Crippen LogP contribution is 2.19. The monoisotopic (exact) mass is 328 g/mol. The van der Waals surface area contributed by atoms with Crippen LogP contribution in [-0.2, 0) is 14.8 Å². The maximum absolute atomic E-state index is 12.1. The van der Waals surface area contributed by atoms with Gasteiger partial charge in [-0.25, -0.2) is 12.7 Å². The number of pyridine rings is 1. The van der Waals surface area contributed by atoms with Crippen LogP contribution in [0.4, 0.5) is 0 Å². The lowest BCUT2D eigenvalue weighted by Gasteiger charge is -2.32. The third-order valence-corrected chi connectivity index (χ3v) is 5.97. The zero-order chi connectivity index (χ0) is 16.0. The molecule has 1 aliphatic heterocycles. The van der Waals surface area contributed by atoms with Gasteiger partial charge in [-0.3, -0.25) is 4.98 Å². The molecule has 1 fully saturated rings. The first-order valence-corrected chi connectivity index (χ1v) is 9.14. The molecule has 2 heterocycles. The molecule has 0 radical (unpaired) electrons. The van der Waals surface area contributed by atoms with Crippen LogP contribution in [0.15, 0.2) is 24.5 Å². The van der Waals surface area contributed by atoms with Gasteiger partial charge in [-0.1, -0.05) is 0 Å². The lowest BCUT2D eigenvalue weighted by molar-refractivity contribution is 0.00689. The predicted molar refractivity (Wildman–Crippen MR) is 84.3 cm³/mol. The van der Waals surface area contributed by atoms with E-state index in [4.69, 9.17) is 9.47 Å². The Labute approximate surface area is 132 Å². The van der Waals surface area contributed by atoms with Gasteiger partial charge in [0.2, 0.25) is 10.0 Å². The molecule has 6 nitrogen and oxygen atoms in total.